The Balaban J connectivity index is 1.75. The van der Waals surface area contributed by atoms with Gasteiger partial charge in [0.05, 0.1) is 33.7 Å². The summed E-state index contributed by atoms with van der Waals surface area (Å²) in [6.07, 6.45) is 3.83. The van der Waals surface area contributed by atoms with Gasteiger partial charge in [-0.3, -0.25) is 9.59 Å². The third kappa shape index (κ3) is 8.68. The monoisotopic (exact) mass is 520 g/mol. The van der Waals surface area contributed by atoms with Crippen LogP contribution in [0.5, 0.6) is 11.5 Å². The van der Waals surface area contributed by atoms with Gasteiger partial charge in [0.2, 0.25) is 11.8 Å². The molecule has 0 spiro atoms. The number of hydrogen-bond acceptors (Lipinski definition) is 5. The molecule has 0 fully saturated rings. The number of furan rings is 1. The van der Waals surface area contributed by atoms with E-state index in [1.54, 1.807) is 24.0 Å². The number of carbonyl (C=O) groups is 2. The molecule has 0 saturated carbocycles. The molecule has 0 saturated heterocycles. The lowest BCUT2D eigenvalue weighted by molar-refractivity contribution is -0.140. The minimum absolute atomic E-state index is 0.0330. The van der Waals surface area contributed by atoms with Gasteiger partial charge in [0.15, 0.2) is 11.5 Å². The van der Waals surface area contributed by atoms with Crippen LogP contribution >= 0.6 is 0 Å². The molecule has 0 aliphatic heterocycles. The molecule has 0 aliphatic rings. The van der Waals surface area contributed by atoms with Crippen molar-refractivity contribution in [3.63, 3.8) is 0 Å². The predicted molar refractivity (Wildman–Crippen MR) is 148 cm³/mol. The van der Waals surface area contributed by atoms with E-state index in [1.807, 2.05) is 67.6 Å². The van der Waals surface area contributed by atoms with Crippen LogP contribution < -0.4 is 9.47 Å². The number of methoxy groups -OCH3 is 2. The maximum atomic E-state index is 13.6. The summed E-state index contributed by atoms with van der Waals surface area (Å²) in [5, 5.41) is 0. The number of hydrogen-bond donors (Lipinski definition) is 0. The van der Waals surface area contributed by atoms with Crippen LogP contribution in [0.25, 0.3) is 0 Å². The molecular formula is C31H40N2O5. The van der Waals surface area contributed by atoms with Crippen LogP contribution in [0, 0.1) is 6.92 Å². The van der Waals surface area contributed by atoms with Crippen LogP contribution in [0.15, 0.2) is 65.1 Å². The predicted octanol–water partition coefficient (Wildman–Crippen LogP) is 5.44. The third-order valence-electron chi connectivity index (χ3n) is 6.52. The van der Waals surface area contributed by atoms with Crippen molar-refractivity contribution in [1.29, 1.82) is 0 Å². The Hall–Kier alpha value is -3.74. The van der Waals surface area contributed by atoms with E-state index in [9.17, 15) is 9.59 Å². The van der Waals surface area contributed by atoms with Crippen molar-refractivity contribution in [3.8, 4) is 11.5 Å². The fraction of sp³-hybridized carbons (Fsp3) is 0.419. The summed E-state index contributed by atoms with van der Waals surface area (Å²) in [5.41, 5.74) is 1.97. The summed E-state index contributed by atoms with van der Waals surface area (Å²) in [6, 6.07) is 19.2. The first-order valence-electron chi connectivity index (χ1n) is 13.3. The Kier molecular flexibility index (Phi) is 11.3. The Bertz CT molecular complexity index is 1160. The number of carbonyl (C=O) groups excluding carboxylic acids is 2. The van der Waals surface area contributed by atoms with Gasteiger partial charge in [0, 0.05) is 13.1 Å². The van der Waals surface area contributed by atoms with E-state index in [0.717, 1.165) is 41.9 Å². The molecule has 0 atom stereocenters. The quantitative estimate of drug-likeness (QED) is 0.250. The van der Waals surface area contributed by atoms with Crippen molar-refractivity contribution in [2.24, 2.45) is 0 Å². The average Bonchev–Trinajstić information content (AvgIpc) is 3.35. The molecule has 0 N–H and O–H groups in total. The second kappa shape index (κ2) is 14.9. The number of unbranched alkanes of at least 4 members (excludes halogenated alkanes) is 2. The van der Waals surface area contributed by atoms with Crippen molar-refractivity contribution in [2.75, 3.05) is 33.9 Å². The third-order valence-corrected chi connectivity index (χ3v) is 6.52. The highest BCUT2D eigenvalue weighted by molar-refractivity contribution is 5.86. The van der Waals surface area contributed by atoms with Crippen LogP contribution in [-0.4, -0.2) is 55.5 Å². The van der Waals surface area contributed by atoms with Gasteiger partial charge in [-0.1, -0.05) is 56.2 Å². The minimum atomic E-state index is -0.0996. The van der Waals surface area contributed by atoms with Crippen molar-refractivity contribution in [1.82, 2.24) is 9.80 Å². The normalized spacial score (nSPS) is 10.7. The Morgan fingerprint density at radius 2 is 1.58 bits per heavy atom. The van der Waals surface area contributed by atoms with E-state index in [0.29, 0.717) is 37.6 Å². The number of nitrogens with zero attached hydrogens (tertiary/aromatic N) is 2. The molecule has 7 nitrogen and oxygen atoms in total. The number of aryl methyl sites for hydroxylation is 1. The topological polar surface area (TPSA) is 72.2 Å². The smallest absolute Gasteiger partial charge is 0.242 e. The molecule has 1 aromatic heterocycles. The first-order valence-corrected chi connectivity index (χ1v) is 13.3. The maximum Gasteiger partial charge on any atom is 0.242 e. The second-order valence-electron chi connectivity index (χ2n) is 9.45. The largest absolute Gasteiger partial charge is 0.493 e. The summed E-state index contributed by atoms with van der Waals surface area (Å²) in [4.78, 5) is 30.4. The summed E-state index contributed by atoms with van der Waals surface area (Å²) >= 11 is 0. The van der Waals surface area contributed by atoms with Gasteiger partial charge < -0.3 is 23.7 Å². The van der Waals surface area contributed by atoms with Crippen LogP contribution in [0.4, 0.5) is 0 Å². The number of amides is 2. The molecule has 0 bridgehead atoms. The first-order chi connectivity index (χ1) is 18.4. The van der Waals surface area contributed by atoms with Crippen LogP contribution in [-0.2, 0) is 29.0 Å². The van der Waals surface area contributed by atoms with E-state index in [-0.39, 0.29) is 24.8 Å². The fourth-order valence-electron chi connectivity index (χ4n) is 4.34. The Morgan fingerprint density at radius 1 is 0.816 bits per heavy atom. The SMILES string of the molecule is CCCCCN(CC(=O)N(CCc1ccc(OC)c(OC)c1)Cc1ccc(C)o1)C(=O)Cc1ccccc1. The number of ether oxygens (including phenoxy) is 2. The van der Waals surface area contributed by atoms with E-state index < -0.39 is 0 Å². The highest BCUT2D eigenvalue weighted by Gasteiger charge is 2.22. The minimum Gasteiger partial charge on any atom is -0.493 e. The molecule has 3 aromatic rings. The standard InChI is InChI=1S/C31H40N2O5/c1-5-6-10-18-32(30(34)21-25-11-8-7-9-12-25)23-31(35)33(22-27-15-13-24(2)38-27)19-17-26-14-16-28(36-3)29(20-26)37-4/h7-9,11-16,20H,5-6,10,17-19,21-23H2,1-4H3. The summed E-state index contributed by atoms with van der Waals surface area (Å²) < 4.78 is 16.6. The number of rotatable bonds is 15. The van der Waals surface area contributed by atoms with Crippen molar-refractivity contribution in [2.45, 2.75) is 52.5 Å². The van der Waals surface area contributed by atoms with E-state index in [4.69, 9.17) is 13.9 Å². The summed E-state index contributed by atoms with van der Waals surface area (Å²) in [5.74, 6) is 2.70. The lowest BCUT2D eigenvalue weighted by Gasteiger charge is -2.27. The second-order valence-corrected chi connectivity index (χ2v) is 9.45. The number of benzene rings is 2. The van der Waals surface area contributed by atoms with Gasteiger partial charge in [0.25, 0.3) is 0 Å². The van der Waals surface area contributed by atoms with Gasteiger partial charge in [-0.25, -0.2) is 0 Å². The Labute approximate surface area is 226 Å². The molecule has 0 aliphatic carbocycles. The van der Waals surface area contributed by atoms with E-state index in [2.05, 4.69) is 6.92 Å². The molecule has 2 aromatic carbocycles. The van der Waals surface area contributed by atoms with Gasteiger partial charge in [-0.05, 0) is 55.2 Å². The molecule has 3 rings (SSSR count). The summed E-state index contributed by atoms with van der Waals surface area (Å²) in [6.45, 7) is 5.44. The molecule has 0 unspecified atom stereocenters. The molecule has 204 valence electrons. The van der Waals surface area contributed by atoms with Crippen molar-refractivity contribution in [3.05, 3.63) is 83.3 Å². The average molecular weight is 521 g/mol. The first kappa shape index (κ1) is 28.8. The molecule has 1 heterocycles. The maximum absolute atomic E-state index is 13.6. The van der Waals surface area contributed by atoms with Crippen LogP contribution in [0.1, 0.15) is 48.8 Å². The molecular weight excluding hydrogens is 480 g/mol. The Morgan fingerprint density at radius 3 is 2.24 bits per heavy atom. The highest BCUT2D eigenvalue weighted by Crippen LogP contribution is 2.28. The highest BCUT2D eigenvalue weighted by atomic mass is 16.5. The lowest BCUT2D eigenvalue weighted by Crippen LogP contribution is -2.44. The van der Waals surface area contributed by atoms with Crippen molar-refractivity contribution >= 4 is 11.8 Å². The molecule has 0 radical (unpaired) electrons. The van der Waals surface area contributed by atoms with Crippen LogP contribution in [0.3, 0.4) is 0 Å². The van der Waals surface area contributed by atoms with Gasteiger partial charge in [-0.2, -0.15) is 0 Å². The van der Waals surface area contributed by atoms with Crippen molar-refractivity contribution < 1.29 is 23.5 Å². The lowest BCUT2D eigenvalue weighted by atomic mass is 10.1. The zero-order valence-corrected chi connectivity index (χ0v) is 23.1. The van der Waals surface area contributed by atoms with Crippen LogP contribution in [0.2, 0.25) is 0 Å². The van der Waals surface area contributed by atoms with E-state index in [1.165, 1.54) is 0 Å². The van der Waals surface area contributed by atoms with Gasteiger partial charge in [-0.15, -0.1) is 0 Å². The molecule has 2 amide bonds. The van der Waals surface area contributed by atoms with Gasteiger partial charge >= 0.3 is 0 Å². The molecule has 7 heteroatoms. The zero-order valence-electron chi connectivity index (χ0n) is 23.1. The van der Waals surface area contributed by atoms with Gasteiger partial charge in [0.1, 0.15) is 11.5 Å². The summed E-state index contributed by atoms with van der Waals surface area (Å²) in [7, 11) is 3.21. The fourth-order valence-corrected chi connectivity index (χ4v) is 4.34. The zero-order chi connectivity index (χ0) is 27.3. The van der Waals surface area contributed by atoms with E-state index >= 15 is 0 Å². The molecule has 38 heavy (non-hydrogen) atoms.